The van der Waals surface area contributed by atoms with E-state index in [1.165, 1.54) is 5.56 Å². The van der Waals surface area contributed by atoms with Crippen LogP contribution in [0.1, 0.15) is 16.7 Å². The van der Waals surface area contributed by atoms with Gasteiger partial charge in [-0.1, -0.05) is 42.0 Å². The number of morpholine rings is 1. The molecule has 1 fully saturated rings. The van der Waals surface area contributed by atoms with Crippen molar-refractivity contribution in [2.45, 2.75) is 20.0 Å². The minimum atomic E-state index is -0.144. The molecule has 0 spiro atoms. The van der Waals surface area contributed by atoms with Crippen LogP contribution in [0.5, 0.6) is 0 Å². The predicted molar refractivity (Wildman–Crippen MR) is 122 cm³/mol. The van der Waals surface area contributed by atoms with E-state index in [-0.39, 0.29) is 24.9 Å². The maximum atomic E-state index is 12.4. The molecule has 0 unspecified atom stereocenters. The van der Waals surface area contributed by atoms with Gasteiger partial charge in [-0.3, -0.25) is 19.4 Å². The monoisotopic (exact) mass is 424 g/mol. The summed E-state index contributed by atoms with van der Waals surface area (Å²) in [6.07, 6.45) is 0. The van der Waals surface area contributed by atoms with Crippen LogP contribution in [-0.2, 0) is 27.4 Å². The average molecular weight is 425 g/mol. The topological polar surface area (TPSA) is 73.9 Å². The van der Waals surface area contributed by atoms with Crippen LogP contribution in [0, 0.1) is 6.92 Å². The predicted octanol–water partition coefficient (Wildman–Crippen LogP) is 2.01. The van der Waals surface area contributed by atoms with E-state index in [0.29, 0.717) is 6.54 Å². The number of aryl methyl sites for hydroxylation is 1. The number of hydrogen-bond acceptors (Lipinski definition) is 5. The fourth-order valence-corrected chi connectivity index (χ4v) is 3.52. The molecular formula is C24H32N4O3. The second-order valence-corrected chi connectivity index (χ2v) is 8.02. The van der Waals surface area contributed by atoms with Crippen molar-refractivity contribution < 1.29 is 14.3 Å². The van der Waals surface area contributed by atoms with Gasteiger partial charge in [0.1, 0.15) is 0 Å². The summed E-state index contributed by atoms with van der Waals surface area (Å²) in [5.74, 6) is -0.248. The molecule has 166 valence electrons. The summed E-state index contributed by atoms with van der Waals surface area (Å²) in [5, 5.41) is 5.83. The molecule has 2 aromatic rings. The highest BCUT2D eigenvalue weighted by Crippen LogP contribution is 2.13. The van der Waals surface area contributed by atoms with Crippen LogP contribution >= 0.6 is 0 Å². The lowest BCUT2D eigenvalue weighted by molar-refractivity contribution is -0.123. The molecule has 7 nitrogen and oxygen atoms in total. The van der Waals surface area contributed by atoms with Crippen LogP contribution in [0.3, 0.4) is 0 Å². The number of likely N-dealkylation sites (N-methyl/N-ethyl adjacent to an activating group) is 1. The van der Waals surface area contributed by atoms with E-state index < -0.39 is 0 Å². The molecule has 2 aromatic carbocycles. The summed E-state index contributed by atoms with van der Waals surface area (Å²) < 4.78 is 5.42. The SMILES string of the molecule is Cc1ccc(NC(=O)CN(C)CC(=O)NCc2ccccc2CN2CCOCC2)cc1. The average Bonchev–Trinajstić information content (AvgIpc) is 2.75. The molecule has 1 aliphatic rings. The zero-order valence-electron chi connectivity index (χ0n) is 18.4. The number of anilines is 1. The minimum absolute atomic E-state index is 0.105. The Hall–Kier alpha value is -2.74. The lowest BCUT2D eigenvalue weighted by atomic mass is 10.1. The third kappa shape index (κ3) is 7.79. The molecule has 31 heavy (non-hydrogen) atoms. The van der Waals surface area contributed by atoms with Gasteiger partial charge in [-0.05, 0) is 37.2 Å². The quantitative estimate of drug-likeness (QED) is 0.644. The van der Waals surface area contributed by atoms with E-state index in [9.17, 15) is 9.59 Å². The Morgan fingerprint density at radius 1 is 0.968 bits per heavy atom. The van der Waals surface area contributed by atoms with Crippen molar-refractivity contribution in [3.63, 3.8) is 0 Å². The molecule has 0 aliphatic carbocycles. The van der Waals surface area contributed by atoms with Gasteiger partial charge in [0.2, 0.25) is 11.8 Å². The fourth-order valence-electron chi connectivity index (χ4n) is 3.52. The van der Waals surface area contributed by atoms with Crippen molar-refractivity contribution >= 4 is 17.5 Å². The lowest BCUT2D eigenvalue weighted by Crippen LogP contribution is -2.39. The molecule has 7 heteroatoms. The van der Waals surface area contributed by atoms with Crippen LogP contribution in [0.4, 0.5) is 5.69 Å². The molecule has 0 bridgehead atoms. The van der Waals surface area contributed by atoms with Crippen molar-refractivity contribution in [3.05, 3.63) is 65.2 Å². The molecule has 3 rings (SSSR count). The van der Waals surface area contributed by atoms with E-state index >= 15 is 0 Å². The van der Waals surface area contributed by atoms with E-state index in [4.69, 9.17) is 4.74 Å². The Morgan fingerprint density at radius 2 is 1.61 bits per heavy atom. The zero-order valence-corrected chi connectivity index (χ0v) is 18.4. The van der Waals surface area contributed by atoms with Crippen LogP contribution in [0.15, 0.2) is 48.5 Å². The van der Waals surface area contributed by atoms with Gasteiger partial charge in [0.25, 0.3) is 0 Å². The summed E-state index contributed by atoms with van der Waals surface area (Å²) in [6, 6.07) is 15.8. The van der Waals surface area contributed by atoms with E-state index in [0.717, 1.165) is 49.7 Å². The van der Waals surface area contributed by atoms with Crippen molar-refractivity contribution in [2.75, 3.05) is 51.8 Å². The minimum Gasteiger partial charge on any atom is -0.379 e. The summed E-state index contributed by atoms with van der Waals surface area (Å²) in [6.45, 7) is 7.02. The second-order valence-electron chi connectivity index (χ2n) is 8.02. The third-order valence-corrected chi connectivity index (χ3v) is 5.25. The largest absolute Gasteiger partial charge is 0.379 e. The third-order valence-electron chi connectivity index (χ3n) is 5.25. The molecule has 1 heterocycles. The number of nitrogens with one attached hydrogen (secondary N) is 2. The number of amides is 2. The van der Waals surface area contributed by atoms with Crippen LogP contribution in [0.25, 0.3) is 0 Å². The molecule has 0 atom stereocenters. The molecular weight excluding hydrogens is 392 g/mol. The van der Waals surface area contributed by atoms with Crippen LogP contribution in [-0.4, -0.2) is 68.1 Å². The van der Waals surface area contributed by atoms with Crippen molar-refractivity contribution in [1.82, 2.24) is 15.1 Å². The number of rotatable bonds is 9. The first-order valence-corrected chi connectivity index (χ1v) is 10.7. The van der Waals surface area contributed by atoms with E-state index in [1.54, 1.807) is 11.9 Å². The van der Waals surface area contributed by atoms with Gasteiger partial charge >= 0.3 is 0 Å². The van der Waals surface area contributed by atoms with Crippen molar-refractivity contribution in [3.8, 4) is 0 Å². The molecule has 2 N–H and O–H groups in total. The Kier molecular flexibility index (Phi) is 8.58. The number of hydrogen-bond donors (Lipinski definition) is 2. The molecule has 1 saturated heterocycles. The smallest absolute Gasteiger partial charge is 0.238 e. The maximum absolute atomic E-state index is 12.4. The van der Waals surface area contributed by atoms with Gasteiger partial charge in [0, 0.05) is 31.9 Å². The first-order valence-electron chi connectivity index (χ1n) is 10.7. The fraction of sp³-hybridized carbons (Fsp3) is 0.417. The first-order chi connectivity index (χ1) is 15.0. The molecule has 0 radical (unpaired) electrons. The highest BCUT2D eigenvalue weighted by atomic mass is 16.5. The van der Waals surface area contributed by atoms with E-state index in [2.05, 4.69) is 27.7 Å². The van der Waals surface area contributed by atoms with Gasteiger partial charge in [0.15, 0.2) is 0 Å². The number of nitrogens with zero attached hydrogens (tertiary/aromatic N) is 2. The highest BCUT2D eigenvalue weighted by molar-refractivity contribution is 5.92. The van der Waals surface area contributed by atoms with Gasteiger partial charge in [-0.25, -0.2) is 0 Å². The van der Waals surface area contributed by atoms with Crippen LogP contribution < -0.4 is 10.6 Å². The normalized spacial score (nSPS) is 14.4. The number of carbonyl (C=O) groups excluding carboxylic acids is 2. The number of carbonyl (C=O) groups is 2. The maximum Gasteiger partial charge on any atom is 0.238 e. The number of ether oxygens (including phenoxy) is 1. The van der Waals surface area contributed by atoms with Gasteiger partial charge < -0.3 is 15.4 Å². The molecule has 0 aromatic heterocycles. The van der Waals surface area contributed by atoms with Gasteiger partial charge in [-0.15, -0.1) is 0 Å². The Morgan fingerprint density at radius 3 is 2.32 bits per heavy atom. The Balaban J connectivity index is 1.43. The summed E-state index contributed by atoms with van der Waals surface area (Å²) in [4.78, 5) is 28.7. The molecule has 2 amide bonds. The van der Waals surface area contributed by atoms with Gasteiger partial charge in [0.05, 0.1) is 26.3 Å². The Bertz CT molecular complexity index is 863. The summed E-state index contributed by atoms with van der Waals surface area (Å²) >= 11 is 0. The molecule has 0 saturated carbocycles. The van der Waals surface area contributed by atoms with Crippen molar-refractivity contribution in [1.29, 1.82) is 0 Å². The second kappa shape index (κ2) is 11.6. The standard InChI is InChI=1S/C24H32N4O3/c1-19-7-9-22(10-8-19)26-24(30)18-27(2)17-23(29)25-15-20-5-3-4-6-21(20)16-28-11-13-31-14-12-28/h3-10H,11-18H2,1-2H3,(H,25,29)(H,26,30). The zero-order chi connectivity index (χ0) is 22.1. The lowest BCUT2D eigenvalue weighted by Gasteiger charge is -2.27. The first kappa shape index (κ1) is 22.9. The van der Waals surface area contributed by atoms with Crippen LogP contribution in [0.2, 0.25) is 0 Å². The van der Waals surface area contributed by atoms with Crippen molar-refractivity contribution in [2.24, 2.45) is 0 Å². The van der Waals surface area contributed by atoms with E-state index in [1.807, 2.05) is 43.3 Å². The van der Waals surface area contributed by atoms with Gasteiger partial charge in [-0.2, -0.15) is 0 Å². The molecule has 1 aliphatic heterocycles. The summed E-state index contributed by atoms with van der Waals surface area (Å²) in [7, 11) is 1.76. The Labute approximate surface area is 184 Å². The highest BCUT2D eigenvalue weighted by Gasteiger charge is 2.14. The summed E-state index contributed by atoms with van der Waals surface area (Å²) in [5.41, 5.74) is 4.22. The number of benzene rings is 2.